The predicted molar refractivity (Wildman–Crippen MR) is 122 cm³/mol. The van der Waals surface area contributed by atoms with Gasteiger partial charge < -0.3 is 10.2 Å². The standard InChI is InChI=1S/C24H19N7O/c25-24-27-22-19(15-30(28-22)13-12-16-5-2-1-3-6-16)23-26-21(29-31(23)24)18-10-8-17(9-11-18)20-7-4-14-32-20/h1-11,14-15H,12-13H2,(H2,25,27,28). The second kappa shape index (κ2) is 7.35. The van der Waals surface area contributed by atoms with Gasteiger partial charge in [-0.2, -0.15) is 14.6 Å². The highest BCUT2D eigenvalue weighted by atomic mass is 16.3. The Morgan fingerprint density at radius 2 is 1.66 bits per heavy atom. The molecule has 0 aliphatic heterocycles. The number of rotatable bonds is 5. The summed E-state index contributed by atoms with van der Waals surface area (Å²) in [7, 11) is 0. The van der Waals surface area contributed by atoms with Gasteiger partial charge in [-0.15, -0.1) is 5.10 Å². The maximum Gasteiger partial charge on any atom is 0.225 e. The molecule has 0 unspecified atom stereocenters. The van der Waals surface area contributed by atoms with Crippen molar-refractivity contribution in [2.75, 3.05) is 5.73 Å². The van der Waals surface area contributed by atoms with Gasteiger partial charge in [-0.1, -0.05) is 54.6 Å². The van der Waals surface area contributed by atoms with E-state index in [1.54, 1.807) is 10.8 Å². The largest absolute Gasteiger partial charge is 0.464 e. The Balaban J connectivity index is 1.35. The fraction of sp³-hybridized carbons (Fsp3) is 0.0833. The molecule has 4 aromatic heterocycles. The smallest absolute Gasteiger partial charge is 0.225 e. The van der Waals surface area contributed by atoms with Crippen molar-refractivity contribution in [1.82, 2.24) is 29.4 Å². The van der Waals surface area contributed by atoms with Gasteiger partial charge in [0.15, 0.2) is 17.1 Å². The number of nitrogen functional groups attached to an aromatic ring is 1. The van der Waals surface area contributed by atoms with Gasteiger partial charge in [0, 0.05) is 23.9 Å². The van der Waals surface area contributed by atoms with Gasteiger partial charge >= 0.3 is 0 Å². The zero-order valence-corrected chi connectivity index (χ0v) is 17.1. The van der Waals surface area contributed by atoms with Crippen LogP contribution in [0.1, 0.15) is 5.56 Å². The number of aryl methyl sites for hydroxylation is 2. The van der Waals surface area contributed by atoms with Crippen LogP contribution in [0, 0.1) is 0 Å². The molecule has 0 saturated carbocycles. The van der Waals surface area contributed by atoms with Crippen molar-refractivity contribution in [2.24, 2.45) is 0 Å². The van der Waals surface area contributed by atoms with E-state index in [9.17, 15) is 0 Å². The van der Waals surface area contributed by atoms with Gasteiger partial charge in [-0.25, -0.2) is 4.98 Å². The molecule has 2 N–H and O–H groups in total. The zero-order valence-electron chi connectivity index (χ0n) is 17.1. The normalized spacial score (nSPS) is 11.5. The summed E-state index contributed by atoms with van der Waals surface area (Å²) in [5, 5.41) is 10.00. The Morgan fingerprint density at radius 1 is 0.844 bits per heavy atom. The molecule has 0 fully saturated rings. The molecule has 0 bridgehead atoms. The quantitative estimate of drug-likeness (QED) is 0.447. The van der Waals surface area contributed by atoms with Gasteiger partial charge in [0.1, 0.15) is 5.76 Å². The van der Waals surface area contributed by atoms with Crippen LogP contribution in [0.15, 0.2) is 83.6 Å². The Kier molecular flexibility index (Phi) is 4.21. The molecule has 8 heteroatoms. The lowest BCUT2D eigenvalue weighted by atomic mass is 10.1. The van der Waals surface area contributed by atoms with Gasteiger partial charge in [-0.3, -0.25) is 4.68 Å². The van der Waals surface area contributed by atoms with E-state index in [2.05, 4.69) is 27.3 Å². The topological polar surface area (TPSA) is 100 Å². The third-order valence-corrected chi connectivity index (χ3v) is 5.45. The van der Waals surface area contributed by atoms with Crippen molar-refractivity contribution >= 4 is 22.6 Å². The summed E-state index contributed by atoms with van der Waals surface area (Å²) < 4.78 is 8.91. The van der Waals surface area contributed by atoms with E-state index in [1.807, 2.05) is 65.5 Å². The first-order chi connectivity index (χ1) is 15.7. The minimum absolute atomic E-state index is 0.256. The lowest BCUT2D eigenvalue weighted by Crippen LogP contribution is -2.03. The highest BCUT2D eigenvalue weighted by Crippen LogP contribution is 2.26. The SMILES string of the molecule is Nc1nc2nn(CCc3ccccc3)cc2c2nc(-c3ccc(-c4ccco4)cc3)nn12. The van der Waals surface area contributed by atoms with Crippen molar-refractivity contribution in [1.29, 1.82) is 0 Å². The molecule has 156 valence electrons. The number of benzene rings is 2. The number of aromatic nitrogens is 6. The summed E-state index contributed by atoms with van der Waals surface area (Å²) in [4.78, 5) is 9.18. The van der Waals surface area contributed by atoms with Gasteiger partial charge in [0.2, 0.25) is 5.95 Å². The fourth-order valence-corrected chi connectivity index (χ4v) is 3.81. The van der Waals surface area contributed by atoms with Crippen LogP contribution in [0.2, 0.25) is 0 Å². The van der Waals surface area contributed by atoms with Crippen LogP contribution >= 0.6 is 0 Å². The number of furan rings is 1. The monoisotopic (exact) mass is 421 g/mol. The van der Waals surface area contributed by atoms with Crippen LogP contribution in [-0.2, 0) is 13.0 Å². The minimum atomic E-state index is 0.256. The molecule has 2 aromatic carbocycles. The van der Waals surface area contributed by atoms with Crippen molar-refractivity contribution < 1.29 is 4.42 Å². The molecule has 0 amide bonds. The van der Waals surface area contributed by atoms with Crippen LogP contribution in [-0.4, -0.2) is 29.4 Å². The van der Waals surface area contributed by atoms with E-state index in [0.717, 1.165) is 35.2 Å². The minimum Gasteiger partial charge on any atom is -0.464 e. The number of fused-ring (bicyclic) bond motifs is 3. The van der Waals surface area contributed by atoms with E-state index in [0.29, 0.717) is 17.1 Å². The summed E-state index contributed by atoms with van der Waals surface area (Å²) in [5.41, 5.74) is 10.5. The Labute approximate surface area is 183 Å². The average molecular weight is 421 g/mol. The fourth-order valence-electron chi connectivity index (χ4n) is 3.81. The zero-order chi connectivity index (χ0) is 21.5. The van der Waals surface area contributed by atoms with Gasteiger partial charge in [-0.05, 0) is 24.1 Å². The van der Waals surface area contributed by atoms with Crippen molar-refractivity contribution in [3.63, 3.8) is 0 Å². The molecule has 8 nitrogen and oxygen atoms in total. The number of anilines is 1. The van der Waals surface area contributed by atoms with Crippen molar-refractivity contribution in [3.05, 3.63) is 84.8 Å². The summed E-state index contributed by atoms with van der Waals surface area (Å²) in [6.45, 7) is 0.738. The third kappa shape index (κ3) is 3.18. The van der Waals surface area contributed by atoms with E-state index in [4.69, 9.17) is 15.1 Å². The number of hydrogen-bond acceptors (Lipinski definition) is 6. The summed E-state index contributed by atoms with van der Waals surface area (Å²) in [5.74, 6) is 1.65. The first-order valence-electron chi connectivity index (χ1n) is 10.3. The lowest BCUT2D eigenvalue weighted by Gasteiger charge is -2.00. The highest BCUT2D eigenvalue weighted by molar-refractivity contribution is 5.90. The van der Waals surface area contributed by atoms with E-state index in [1.165, 1.54) is 5.56 Å². The number of nitrogens with two attached hydrogens (primary N) is 1. The Hall–Kier alpha value is -4.46. The van der Waals surface area contributed by atoms with Crippen LogP contribution in [0.25, 0.3) is 39.4 Å². The lowest BCUT2D eigenvalue weighted by molar-refractivity contribution is 0.582. The maximum atomic E-state index is 6.16. The Bertz CT molecular complexity index is 1510. The molecular weight excluding hydrogens is 402 g/mol. The average Bonchev–Trinajstić information content (AvgIpc) is 3.58. The van der Waals surface area contributed by atoms with E-state index in [-0.39, 0.29) is 5.95 Å². The van der Waals surface area contributed by atoms with Crippen molar-refractivity contribution in [2.45, 2.75) is 13.0 Å². The molecule has 0 aliphatic rings. The van der Waals surface area contributed by atoms with E-state index < -0.39 is 0 Å². The predicted octanol–water partition coefficient (Wildman–Crippen LogP) is 4.23. The van der Waals surface area contributed by atoms with Crippen LogP contribution < -0.4 is 5.73 Å². The van der Waals surface area contributed by atoms with Crippen LogP contribution in [0.3, 0.4) is 0 Å². The molecule has 0 atom stereocenters. The second-order valence-electron chi connectivity index (χ2n) is 7.56. The molecule has 32 heavy (non-hydrogen) atoms. The summed E-state index contributed by atoms with van der Waals surface area (Å²) >= 11 is 0. The Morgan fingerprint density at radius 3 is 2.44 bits per heavy atom. The van der Waals surface area contributed by atoms with Crippen LogP contribution in [0.4, 0.5) is 5.95 Å². The molecule has 0 radical (unpaired) electrons. The first kappa shape index (κ1) is 18.3. The second-order valence-corrected chi connectivity index (χ2v) is 7.56. The van der Waals surface area contributed by atoms with Gasteiger partial charge in [0.05, 0.1) is 11.6 Å². The summed E-state index contributed by atoms with van der Waals surface area (Å²) in [6, 6.07) is 22.0. The molecule has 0 aliphatic carbocycles. The molecular formula is C24H19N7O. The molecule has 4 heterocycles. The molecule has 0 saturated heterocycles. The molecule has 6 rings (SSSR count). The first-order valence-corrected chi connectivity index (χ1v) is 10.3. The highest BCUT2D eigenvalue weighted by Gasteiger charge is 2.16. The molecule has 6 aromatic rings. The van der Waals surface area contributed by atoms with Gasteiger partial charge in [0.25, 0.3) is 0 Å². The number of nitrogens with zero attached hydrogens (tertiary/aromatic N) is 6. The summed E-state index contributed by atoms with van der Waals surface area (Å²) in [6.07, 6.45) is 4.49. The maximum absolute atomic E-state index is 6.16. The molecule has 0 spiro atoms. The van der Waals surface area contributed by atoms with Crippen molar-refractivity contribution in [3.8, 4) is 22.7 Å². The third-order valence-electron chi connectivity index (χ3n) is 5.45. The number of hydrogen-bond donors (Lipinski definition) is 1. The van der Waals surface area contributed by atoms with Crippen LogP contribution in [0.5, 0.6) is 0 Å². The van der Waals surface area contributed by atoms with E-state index >= 15 is 0 Å².